The van der Waals surface area contributed by atoms with E-state index in [1.807, 2.05) is 0 Å². The topological polar surface area (TPSA) is 154 Å². The van der Waals surface area contributed by atoms with Gasteiger partial charge in [0, 0.05) is 35.7 Å². The molecule has 1 spiro atoms. The van der Waals surface area contributed by atoms with Gasteiger partial charge in [0.2, 0.25) is 5.78 Å². The van der Waals surface area contributed by atoms with E-state index in [1.165, 1.54) is 25.2 Å². The van der Waals surface area contributed by atoms with Gasteiger partial charge in [0.05, 0.1) is 31.1 Å². The highest BCUT2D eigenvalue weighted by molar-refractivity contribution is 6.11. The minimum absolute atomic E-state index is 0.107. The van der Waals surface area contributed by atoms with Crippen molar-refractivity contribution in [1.29, 1.82) is 0 Å². The molecule has 42 heavy (non-hydrogen) atoms. The van der Waals surface area contributed by atoms with Crippen LogP contribution in [0.5, 0.6) is 11.5 Å². The number of aromatic amines is 2. The number of anilines is 1. The lowest BCUT2D eigenvalue weighted by atomic mass is 9.85. The summed E-state index contributed by atoms with van der Waals surface area (Å²) in [5.74, 6) is -1.21. The fourth-order valence-electron chi connectivity index (χ4n) is 6.91. The summed E-state index contributed by atoms with van der Waals surface area (Å²) >= 11 is 0. The summed E-state index contributed by atoms with van der Waals surface area (Å²) in [5.41, 5.74) is 2.34. The van der Waals surface area contributed by atoms with E-state index < -0.39 is 23.1 Å². The maximum atomic E-state index is 14.0. The van der Waals surface area contributed by atoms with Crippen molar-refractivity contribution in [1.82, 2.24) is 14.9 Å². The number of nitrogens with zero attached hydrogens (tertiary/aromatic N) is 2. The fraction of sp³-hybridized carbons (Fsp3) is 0.400. The summed E-state index contributed by atoms with van der Waals surface area (Å²) < 4.78 is 15.9. The highest BCUT2D eigenvalue weighted by atomic mass is 16.6. The number of rotatable bonds is 3. The summed E-state index contributed by atoms with van der Waals surface area (Å²) in [4.78, 5) is 61.2. The molecule has 0 radical (unpaired) electrons. The number of nitrogens with one attached hydrogen (secondary N) is 2. The van der Waals surface area contributed by atoms with Crippen molar-refractivity contribution in [3.8, 4) is 11.5 Å². The molecule has 2 atom stereocenters. The Kier molecular flexibility index (Phi) is 5.24. The molecule has 2 aliphatic heterocycles. The first-order valence-corrected chi connectivity index (χ1v) is 13.7. The van der Waals surface area contributed by atoms with Crippen molar-refractivity contribution in [2.45, 2.75) is 44.6 Å². The molecule has 3 N–H and O–H groups in total. The SMILES string of the molecule is COC(=O)c1cc2c([nH]1)C(=O)C=C1N(C(=O)c3cc4c5c(c(O)c(OC)c4[nH]3)N(C(=O)OC(C)(C)C)CC5)C[C@@H]3C[C@@]123. The summed E-state index contributed by atoms with van der Waals surface area (Å²) in [6.45, 7) is 6.02. The Labute approximate surface area is 240 Å². The molecule has 0 unspecified atom stereocenters. The predicted molar refractivity (Wildman–Crippen MR) is 149 cm³/mol. The number of methoxy groups -OCH3 is 2. The minimum atomic E-state index is -0.720. The second-order valence-corrected chi connectivity index (χ2v) is 12.2. The first kappa shape index (κ1) is 26.2. The summed E-state index contributed by atoms with van der Waals surface area (Å²) in [7, 11) is 2.69. The molecule has 2 fully saturated rings. The molecule has 7 rings (SSSR count). The number of aromatic hydroxyl groups is 1. The smallest absolute Gasteiger partial charge is 0.414 e. The number of likely N-dealkylation sites (tertiary alicyclic amines) is 1. The van der Waals surface area contributed by atoms with Gasteiger partial charge in [-0.2, -0.15) is 0 Å². The van der Waals surface area contributed by atoms with Gasteiger partial charge in [-0.15, -0.1) is 0 Å². The van der Waals surface area contributed by atoms with Crippen LogP contribution >= 0.6 is 0 Å². The Balaban J connectivity index is 1.26. The van der Waals surface area contributed by atoms with Gasteiger partial charge in [-0.3, -0.25) is 14.5 Å². The molecule has 4 aliphatic rings. The average Bonchev–Trinajstić information content (AvgIpc) is 3.43. The molecule has 1 saturated carbocycles. The van der Waals surface area contributed by atoms with Crippen LogP contribution in [0.1, 0.15) is 69.8 Å². The third-order valence-electron chi connectivity index (χ3n) is 8.72. The Bertz CT molecular complexity index is 1790. The van der Waals surface area contributed by atoms with Crippen molar-refractivity contribution < 1.29 is 38.5 Å². The number of phenolic OH excluding ortho intramolecular Hbond substituents is 1. The number of allylic oxidation sites excluding steroid dienone is 2. The molecule has 12 nitrogen and oxygen atoms in total. The van der Waals surface area contributed by atoms with Gasteiger partial charge in [-0.25, -0.2) is 9.59 Å². The number of H-pyrrole nitrogens is 2. The number of amides is 2. The van der Waals surface area contributed by atoms with Crippen LogP contribution in [0.15, 0.2) is 23.9 Å². The number of carbonyl (C=O) groups is 4. The van der Waals surface area contributed by atoms with Crippen LogP contribution in [0.2, 0.25) is 0 Å². The quantitative estimate of drug-likeness (QED) is 0.399. The molecule has 1 aromatic carbocycles. The summed E-state index contributed by atoms with van der Waals surface area (Å²) in [6, 6.07) is 3.37. The van der Waals surface area contributed by atoms with Crippen molar-refractivity contribution in [3.63, 3.8) is 0 Å². The first-order valence-electron chi connectivity index (χ1n) is 13.7. The van der Waals surface area contributed by atoms with Crippen LogP contribution in [0, 0.1) is 5.92 Å². The number of hydrogen-bond donors (Lipinski definition) is 3. The van der Waals surface area contributed by atoms with Crippen LogP contribution in [0.4, 0.5) is 10.5 Å². The van der Waals surface area contributed by atoms with Gasteiger partial charge in [0.15, 0.2) is 11.5 Å². The molecule has 3 aromatic rings. The molecule has 0 bridgehead atoms. The third-order valence-corrected chi connectivity index (χ3v) is 8.72. The third kappa shape index (κ3) is 3.40. The number of fused-ring (bicyclic) bond motifs is 4. The zero-order chi connectivity index (χ0) is 29.9. The molecular weight excluding hydrogens is 544 g/mol. The van der Waals surface area contributed by atoms with Gasteiger partial charge in [-0.05, 0) is 62.8 Å². The second kappa shape index (κ2) is 8.40. The van der Waals surface area contributed by atoms with Gasteiger partial charge >= 0.3 is 12.1 Å². The van der Waals surface area contributed by atoms with E-state index in [1.54, 1.807) is 37.8 Å². The Hall–Kier alpha value is -4.74. The lowest BCUT2D eigenvalue weighted by molar-refractivity contribution is 0.0577. The summed E-state index contributed by atoms with van der Waals surface area (Å²) in [6.07, 6.45) is 2.11. The van der Waals surface area contributed by atoms with Crippen LogP contribution in [-0.4, -0.2) is 76.6 Å². The number of carbonyl (C=O) groups excluding carboxylic acids is 4. The zero-order valence-electron chi connectivity index (χ0n) is 23.8. The number of piperidine rings is 1. The van der Waals surface area contributed by atoms with Crippen LogP contribution < -0.4 is 9.64 Å². The van der Waals surface area contributed by atoms with E-state index in [-0.39, 0.29) is 40.5 Å². The van der Waals surface area contributed by atoms with E-state index in [4.69, 9.17) is 14.2 Å². The van der Waals surface area contributed by atoms with Gasteiger partial charge in [0.1, 0.15) is 17.0 Å². The lowest BCUT2D eigenvalue weighted by Gasteiger charge is -2.27. The number of hydrogen-bond acceptors (Lipinski definition) is 8. The molecular formula is C30H30N4O8. The van der Waals surface area contributed by atoms with Crippen LogP contribution in [0.3, 0.4) is 0 Å². The van der Waals surface area contributed by atoms with E-state index in [0.29, 0.717) is 58.6 Å². The zero-order valence-corrected chi connectivity index (χ0v) is 23.8. The van der Waals surface area contributed by atoms with Crippen molar-refractivity contribution in [3.05, 3.63) is 52.1 Å². The number of benzene rings is 1. The highest BCUT2D eigenvalue weighted by Gasteiger charge is 2.68. The summed E-state index contributed by atoms with van der Waals surface area (Å²) in [5, 5.41) is 11.8. The van der Waals surface area contributed by atoms with Gasteiger partial charge in [-0.1, -0.05) is 0 Å². The Morgan fingerprint density at radius 3 is 2.55 bits per heavy atom. The predicted octanol–water partition coefficient (Wildman–Crippen LogP) is 3.79. The standard InChI is InChI=1S/C30H30N4O8/c1-29(2,3)42-28(39)33-7-6-14-15-8-17(31-21(15)25(40-4)24(36)23(14)33)26(37)34-12-13-11-30(13)16-9-18(27(38)41-5)32-22(16)19(35)10-20(30)34/h8-10,13,31-32,36H,6-7,11-12H2,1-5H3/t13-,30-/m0/s1. The van der Waals surface area contributed by atoms with E-state index >= 15 is 0 Å². The molecule has 12 heteroatoms. The fourth-order valence-corrected chi connectivity index (χ4v) is 6.91. The van der Waals surface area contributed by atoms with Crippen molar-refractivity contribution in [2.75, 3.05) is 32.2 Å². The lowest BCUT2D eigenvalue weighted by Crippen LogP contribution is -2.35. The van der Waals surface area contributed by atoms with Crippen LogP contribution in [-0.2, 0) is 21.3 Å². The molecule has 1 saturated heterocycles. The Morgan fingerprint density at radius 2 is 1.86 bits per heavy atom. The van der Waals surface area contributed by atoms with Crippen molar-refractivity contribution >= 4 is 40.3 Å². The number of phenols is 1. The van der Waals surface area contributed by atoms with Crippen molar-refractivity contribution in [2.24, 2.45) is 5.92 Å². The molecule has 218 valence electrons. The normalized spacial score (nSPS) is 21.9. The monoisotopic (exact) mass is 574 g/mol. The average molecular weight is 575 g/mol. The number of ketones is 1. The van der Waals surface area contributed by atoms with E-state index in [0.717, 1.165) is 6.42 Å². The second-order valence-electron chi connectivity index (χ2n) is 12.2. The maximum Gasteiger partial charge on any atom is 0.414 e. The molecule has 2 amide bonds. The molecule has 2 aromatic heterocycles. The van der Waals surface area contributed by atoms with Gasteiger partial charge in [0.25, 0.3) is 5.91 Å². The van der Waals surface area contributed by atoms with Crippen LogP contribution in [0.25, 0.3) is 10.9 Å². The molecule has 2 aliphatic carbocycles. The first-order chi connectivity index (χ1) is 19.9. The number of esters is 1. The Morgan fingerprint density at radius 1 is 1.10 bits per heavy atom. The largest absolute Gasteiger partial charge is 0.503 e. The van der Waals surface area contributed by atoms with E-state index in [2.05, 4.69) is 9.97 Å². The molecule has 4 heterocycles. The van der Waals surface area contributed by atoms with E-state index in [9.17, 15) is 24.3 Å². The highest BCUT2D eigenvalue weighted by Crippen LogP contribution is 2.67. The minimum Gasteiger partial charge on any atom is -0.503 e. The maximum absolute atomic E-state index is 14.0. The number of aromatic nitrogens is 2. The van der Waals surface area contributed by atoms with Gasteiger partial charge < -0.3 is 34.2 Å². The number of ether oxygens (including phenoxy) is 3.